The number of carbonyl (C=O) groups excluding carboxylic acids is 2. The van der Waals surface area contributed by atoms with E-state index in [0.29, 0.717) is 48.6 Å². The van der Waals surface area contributed by atoms with Crippen LogP contribution in [0.25, 0.3) is 10.1 Å². The number of carbonyl (C=O) groups is 2. The molecule has 0 bridgehead atoms. The van der Waals surface area contributed by atoms with Crippen molar-refractivity contribution in [3.05, 3.63) is 34.5 Å². The maximum atomic E-state index is 14.3. The number of thiophene rings is 1. The summed E-state index contributed by atoms with van der Waals surface area (Å²) < 4.78 is 25.8. The molecule has 2 aliphatic heterocycles. The molecule has 2 fully saturated rings. The lowest BCUT2D eigenvalue weighted by atomic mass is 10.1. The molecule has 0 aliphatic carbocycles. The molecule has 150 valence electrons. The highest BCUT2D eigenvalue weighted by Crippen LogP contribution is 2.34. The molecule has 8 heteroatoms. The van der Waals surface area contributed by atoms with Crippen LogP contribution in [0.3, 0.4) is 0 Å². The average Bonchev–Trinajstić information content (AvgIpc) is 3.36. The minimum Gasteiger partial charge on any atom is -0.380 e. The van der Waals surface area contributed by atoms with Gasteiger partial charge in [0.25, 0.3) is 11.8 Å². The molecule has 0 radical (unpaired) electrons. The second kappa shape index (κ2) is 8.14. The third-order valence-corrected chi connectivity index (χ3v) is 6.52. The van der Waals surface area contributed by atoms with Crippen molar-refractivity contribution in [1.29, 1.82) is 0 Å². The highest BCUT2D eigenvalue weighted by atomic mass is 32.1. The van der Waals surface area contributed by atoms with Crippen molar-refractivity contribution in [2.45, 2.75) is 25.6 Å². The fourth-order valence-corrected chi connectivity index (χ4v) is 5.06. The van der Waals surface area contributed by atoms with Crippen molar-refractivity contribution < 1.29 is 23.5 Å². The Labute approximate surface area is 166 Å². The summed E-state index contributed by atoms with van der Waals surface area (Å²) in [5, 5.41) is 0.463. The van der Waals surface area contributed by atoms with Crippen molar-refractivity contribution in [1.82, 2.24) is 9.80 Å². The number of nitrogens with zero attached hydrogens (tertiary/aromatic N) is 2. The largest absolute Gasteiger partial charge is 0.380 e. The van der Waals surface area contributed by atoms with E-state index in [1.54, 1.807) is 15.9 Å². The summed E-state index contributed by atoms with van der Waals surface area (Å²) in [6.45, 7) is 2.71. The lowest BCUT2D eigenvalue weighted by Crippen LogP contribution is -2.52. The summed E-state index contributed by atoms with van der Waals surface area (Å²) in [5.41, 5.74) is 0.600. The van der Waals surface area contributed by atoms with Gasteiger partial charge in [0.15, 0.2) is 0 Å². The van der Waals surface area contributed by atoms with Crippen LogP contribution < -0.4 is 0 Å². The number of hydrogen-bond acceptors (Lipinski definition) is 5. The van der Waals surface area contributed by atoms with Gasteiger partial charge < -0.3 is 19.3 Å². The lowest BCUT2D eigenvalue weighted by Gasteiger charge is -2.35. The molecule has 1 aromatic heterocycles. The van der Waals surface area contributed by atoms with E-state index in [0.717, 1.165) is 17.5 Å². The minimum absolute atomic E-state index is 0.0219. The van der Waals surface area contributed by atoms with E-state index in [-0.39, 0.29) is 30.3 Å². The van der Waals surface area contributed by atoms with E-state index in [9.17, 15) is 14.0 Å². The van der Waals surface area contributed by atoms with Crippen LogP contribution in [-0.4, -0.2) is 67.6 Å². The summed E-state index contributed by atoms with van der Waals surface area (Å²) in [4.78, 5) is 29.7. The molecule has 1 aromatic carbocycles. The Bertz CT molecular complexity index is 886. The Morgan fingerprint density at radius 2 is 2.00 bits per heavy atom. The summed E-state index contributed by atoms with van der Waals surface area (Å²) in [6, 6.07) is 4.86. The maximum Gasteiger partial charge on any atom is 0.264 e. The second-order valence-corrected chi connectivity index (χ2v) is 8.13. The van der Waals surface area contributed by atoms with Gasteiger partial charge in [0.2, 0.25) is 0 Å². The van der Waals surface area contributed by atoms with Gasteiger partial charge in [-0.25, -0.2) is 4.39 Å². The molecule has 2 amide bonds. The Balaban J connectivity index is 1.50. The van der Waals surface area contributed by atoms with Crippen molar-refractivity contribution in [2.24, 2.45) is 0 Å². The monoisotopic (exact) mass is 406 g/mol. The molecule has 28 heavy (non-hydrogen) atoms. The van der Waals surface area contributed by atoms with Gasteiger partial charge in [-0.3, -0.25) is 9.59 Å². The van der Waals surface area contributed by atoms with Crippen LogP contribution in [-0.2, 0) is 20.9 Å². The van der Waals surface area contributed by atoms with Crippen molar-refractivity contribution in [2.75, 3.05) is 39.9 Å². The molecular weight excluding hydrogens is 383 g/mol. The number of halogens is 1. The molecule has 1 atom stereocenters. The Morgan fingerprint density at radius 3 is 2.68 bits per heavy atom. The summed E-state index contributed by atoms with van der Waals surface area (Å²) in [6.07, 6.45) is 1.35. The molecule has 4 rings (SSSR count). The summed E-state index contributed by atoms with van der Waals surface area (Å²) in [7, 11) is 1.54. The van der Waals surface area contributed by atoms with Gasteiger partial charge >= 0.3 is 0 Å². The number of ether oxygens (including phenoxy) is 2. The topological polar surface area (TPSA) is 59.1 Å². The van der Waals surface area contributed by atoms with Crippen LogP contribution in [0, 0.1) is 5.82 Å². The molecule has 3 heterocycles. The SMILES string of the molecule is COCc1c(C(=O)N2CCN(C(=O)C3CCCO3)CC2)sc2cccc(F)c12. The molecule has 0 N–H and O–H groups in total. The molecule has 2 saturated heterocycles. The first-order valence-corrected chi connectivity index (χ1v) is 10.3. The quantitative estimate of drug-likeness (QED) is 0.783. The smallest absolute Gasteiger partial charge is 0.264 e. The molecule has 2 aliphatic rings. The summed E-state index contributed by atoms with van der Waals surface area (Å²) >= 11 is 1.30. The zero-order valence-corrected chi connectivity index (χ0v) is 16.6. The zero-order valence-electron chi connectivity index (χ0n) is 15.8. The Morgan fingerprint density at radius 1 is 1.25 bits per heavy atom. The Hall–Kier alpha value is -2.03. The van der Waals surface area contributed by atoms with E-state index in [4.69, 9.17) is 9.47 Å². The third kappa shape index (κ3) is 3.52. The van der Waals surface area contributed by atoms with Crippen molar-refractivity contribution >= 4 is 33.2 Å². The van der Waals surface area contributed by atoms with Gasteiger partial charge in [-0.2, -0.15) is 0 Å². The third-order valence-electron chi connectivity index (χ3n) is 5.33. The van der Waals surface area contributed by atoms with Crippen LogP contribution in [0.5, 0.6) is 0 Å². The summed E-state index contributed by atoms with van der Waals surface area (Å²) in [5.74, 6) is -0.447. The maximum absolute atomic E-state index is 14.3. The second-order valence-electron chi connectivity index (χ2n) is 7.07. The van der Waals surface area contributed by atoms with Gasteiger partial charge in [0.05, 0.1) is 11.5 Å². The molecule has 6 nitrogen and oxygen atoms in total. The number of hydrogen-bond donors (Lipinski definition) is 0. The van der Waals surface area contributed by atoms with Gasteiger partial charge in [-0.1, -0.05) is 6.07 Å². The van der Waals surface area contributed by atoms with Crippen LogP contribution in [0.1, 0.15) is 28.1 Å². The first kappa shape index (κ1) is 19.3. The molecule has 0 spiro atoms. The van der Waals surface area contributed by atoms with Crippen LogP contribution in [0.4, 0.5) is 4.39 Å². The van der Waals surface area contributed by atoms with Gasteiger partial charge in [0.1, 0.15) is 11.9 Å². The van der Waals surface area contributed by atoms with Gasteiger partial charge in [-0.05, 0) is 25.0 Å². The normalized spacial score (nSPS) is 20.1. The van der Waals surface area contributed by atoms with Crippen LogP contribution in [0.2, 0.25) is 0 Å². The minimum atomic E-state index is -0.341. The number of amides is 2. The molecular formula is C20H23FN2O4S. The van der Waals surface area contributed by atoms with E-state index >= 15 is 0 Å². The van der Waals surface area contributed by atoms with Crippen molar-refractivity contribution in [3.63, 3.8) is 0 Å². The highest BCUT2D eigenvalue weighted by Gasteiger charge is 2.32. The highest BCUT2D eigenvalue weighted by molar-refractivity contribution is 7.21. The predicted octanol–water partition coefficient (Wildman–Crippen LogP) is 2.65. The standard InChI is InChI=1S/C20H23FN2O4S/c1-26-12-13-17-14(21)4-2-6-16(17)28-18(13)20(25)23-9-7-22(8-10-23)19(24)15-5-3-11-27-15/h2,4,6,15H,3,5,7-12H2,1H3. The van der Waals surface area contributed by atoms with Crippen LogP contribution in [0.15, 0.2) is 18.2 Å². The first-order chi connectivity index (χ1) is 13.6. The van der Waals surface area contributed by atoms with E-state index in [1.807, 2.05) is 6.07 Å². The number of piperazine rings is 1. The number of rotatable bonds is 4. The Kier molecular flexibility index (Phi) is 5.61. The number of fused-ring (bicyclic) bond motifs is 1. The molecule has 1 unspecified atom stereocenters. The predicted molar refractivity (Wildman–Crippen MR) is 104 cm³/mol. The number of benzene rings is 1. The van der Waals surface area contributed by atoms with Gasteiger partial charge in [0, 0.05) is 55.5 Å². The number of methoxy groups -OCH3 is 1. The molecule has 0 saturated carbocycles. The van der Waals surface area contributed by atoms with E-state index in [2.05, 4.69) is 0 Å². The zero-order chi connectivity index (χ0) is 19.7. The fourth-order valence-electron chi connectivity index (χ4n) is 3.87. The first-order valence-electron chi connectivity index (χ1n) is 9.48. The van der Waals surface area contributed by atoms with Crippen LogP contribution >= 0.6 is 11.3 Å². The lowest BCUT2D eigenvalue weighted by molar-refractivity contribution is -0.142. The average molecular weight is 406 g/mol. The van der Waals surface area contributed by atoms with Crippen molar-refractivity contribution in [3.8, 4) is 0 Å². The van der Waals surface area contributed by atoms with E-state index < -0.39 is 0 Å². The molecule has 2 aromatic rings. The van der Waals surface area contributed by atoms with Gasteiger partial charge in [-0.15, -0.1) is 11.3 Å². The van der Waals surface area contributed by atoms with E-state index in [1.165, 1.54) is 24.5 Å². The fraction of sp³-hybridized carbons (Fsp3) is 0.500.